The molecule has 8 heteroatoms. The summed E-state index contributed by atoms with van der Waals surface area (Å²) >= 11 is 0. The molecule has 0 atom stereocenters. The van der Waals surface area contributed by atoms with E-state index in [1.807, 2.05) is 0 Å². The fourth-order valence-corrected chi connectivity index (χ4v) is 1.99. The van der Waals surface area contributed by atoms with Crippen LogP contribution < -0.4 is 10.2 Å². The molecule has 23 heavy (non-hydrogen) atoms. The maximum Gasteiger partial charge on any atom is 0.227 e. The van der Waals surface area contributed by atoms with Gasteiger partial charge in [-0.05, 0) is 19.1 Å². The van der Waals surface area contributed by atoms with Crippen LogP contribution in [-0.4, -0.2) is 23.5 Å². The highest BCUT2D eigenvalue weighted by atomic mass is 19.1. The summed E-state index contributed by atoms with van der Waals surface area (Å²) in [7, 11) is 0. The van der Waals surface area contributed by atoms with Crippen molar-refractivity contribution >= 4 is 23.3 Å². The molecule has 0 aliphatic rings. The van der Waals surface area contributed by atoms with Crippen molar-refractivity contribution < 1.29 is 22.9 Å². The molecule has 0 saturated carbocycles. The van der Waals surface area contributed by atoms with E-state index in [4.69, 9.17) is 4.52 Å². The van der Waals surface area contributed by atoms with Crippen LogP contribution in [0.5, 0.6) is 0 Å². The maximum atomic E-state index is 13.8. The largest absolute Gasteiger partial charge is 0.360 e. The first kappa shape index (κ1) is 16.6. The number of aromatic nitrogens is 1. The Morgan fingerprint density at radius 2 is 2.04 bits per heavy atom. The van der Waals surface area contributed by atoms with Crippen LogP contribution in [0.4, 0.5) is 20.3 Å². The number of anilines is 2. The summed E-state index contributed by atoms with van der Waals surface area (Å²) in [5.41, 5.74) is -0.0796. The Labute approximate surface area is 131 Å². The van der Waals surface area contributed by atoms with Crippen LogP contribution in [0.1, 0.15) is 19.1 Å². The lowest BCUT2D eigenvalue weighted by Gasteiger charge is -2.21. The molecule has 0 aliphatic heterocycles. The third kappa shape index (κ3) is 4.35. The minimum atomic E-state index is -0.868. The average Bonchev–Trinajstić information content (AvgIpc) is 2.86. The summed E-state index contributed by atoms with van der Waals surface area (Å²) in [5, 5.41) is 6.11. The van der Waals surface area contributed by atoms with E-state index in [1.165, 1.54) is 6.92 Å². The highest BCUT2D eigenvalue weighted by Crippen LogP contribution is 2.20. The van der Waals surface area contributed by atoms with Crippen molar-refractivity contribution in [2.45, 2.75) is 20.3 Å². The van der Waals surface area contributed by atoms with Gasteiger partial charge < -0.3 is 14.7 Å². The molecule has 0 aliphatic carbocycles. The monoisotopic (exact) mass is 323 g/mol. The van der Waals surface area contributed by atoms with Gasteiger partial charge in [0.05, 0.1) is 5.69 Å². The van der Waals surface area contributed by atoms with Crippen molar-refractivity contribution in [2.24, 2.45) is 0 Å². The van der Waals surface area contributed by atoms with Gasteiger partial charge in [-0.15, -0.1) is 0 Å². The van der Waals surface area contributed by atoms with E-state index in [0.717, 1.165) is 17.0 Å². The Balaban J connectivity index is 2.02. The molecule has 0 spiro atoms. The van der Waals surface area contributed by atoms with Gasteiger partial charge in [-0.25, -0.2) is 8.78 Å². The maximum absolute atomic E-state index is 13.8. The summed E-state index contributed by atoms with van der Waals surface area (Å²) in [6.07, 6.45) is -0.0810. The average molecular weight is 323 g/mol. The molecule has 2 rings (SSSR count). The number of carbonyl (C=O) groups excluding carboxylic acids is 2. The third-order valence-electron chi connectivity index (χ3n) is 3.04. The zero-order valence-electron chi connectivity index (χ0n) is 12.6. The fraction of sp³-hybridized carbons (Fsp3) is 0.267. The number of nitrogens with one attached hydrogen (secondary N) is 1. The minimum Gasteiger partial charge on any atom is -0.360 e. The number of rotatable bonds is 5. The summed E-state index contributed by atoms with van der Waals surface area (Å²) in [4.78, 5) is 24.6. The molecule has 1 N–H and O–H groups in total. The van der Waals surface area contributed by atoms with E-state index in [2.05, 4.69) is 10.5 Å². The first-order chi connectivity index (χ1) is 10.9. The van der Waals surface area contributed by atoms with E-state index >= 15 is 0 Å². The van der Waals surface area contributed by atoms with Crippen molar-refractivity contribution in [1.82, 2.24) is 5.16 Å². The van der Waals surface area contributed by atoms with E-state index < -0.39 is 23.4 Å². The minimum absolute atomic E-state index is 0.0550. The van der Waals surface area contributed by atoms with E-state index in [1.54, 1.807) is 13.0 Å². The SMILES string of the molecule is CC(=O)N(CCC(=O)Nc1cc(C)on1)c1ccc(F)cc1F. The molecule has 1 heterocycles. The summed E-state index contributed by atoms with van der Waals surface area (Å²) < 4.78 is 31.5. The van der Waals surface area contributed by atoms with Gasteiger partial charge in [-0.2, -0.15) is 0 Å². The van der Waals surface area contributed by atoms with Crippen molar-refractivity contribution in [2.75, 3.05) is 16.8 Å². The van der Waals surface area contributed by atoms with E-state index in [9.17, 15) is 18.4 Å². The zero-order valence-corrected chi connectivity index (χ0v) is 12.6. The molecule has 0 unspecified atom stereocenters. The van der Waals surface area contributed by atoms with Gasteiger partial charge in [-0.1, -0.05) is 5.16 Å². The van der Waals surface area contributed by atoms with Gasteiger partial charge in [0, 0.05) is 32.0 Å². The summed E-state index contributed by atoms with van der Waals surface area (Å²) in [6, 6.07) is 4.43. The Kier molecular flexibility index (Phi) is 5.05. The van der Waals surface area contributed by atoms with Crippen LogP contribution in [0.2, 0.25) is 0 Å². The molecule has 122 valence electrons. The molecule has 0 bridgehead atoms. The lowest BCUT2D eigenvalue weighted by molar-refractivity contribution is -0.117. The van der Waals surface area contributed by atoms with Gasteiger partial charge >= 0.3 is 0 Å². The number of amides is 2. The molecule has 1 aromatic heterocycles. The van der Waals surface area contributed by atoms with Crippen LogP contribution in [0.3, 0.4) is 0 Å². The Bertz CT molecular complexity index is 731. The molecular formula is C15H15F2N3O3. The lowest BCUT2D eigenvalue weighted by Crippen LogP contribution is -2.32. The Morgan fingerprint density at radius 1 is 1.30 bits per heavy atom. The Morgan fingerprint density at radius 3 is 2.61 bits per heavy atom. The molecule has 6 nitrogen and oxygen atoms in total. The first-order valence-electron chi connectivity index (χ1n) is 6.83. The number of nitrogens with zero attached hydrogens (tertiary/aromatic N) is 2. The summed E-state index contributed by atoms with van der Waals surface area (Å²) in [5.74, 6) is -1.68. The Hall–Kier alpha value is -2.77. The number of hydrogen-bond acceptors (Lipinski definition) is 4. The molecule has 0 saturated heterocycles. The zero-order chi connectivity index (χ0) is 17.0. The van der Waals surface area contributed by atoms with E-state index in [0.29, 0.717) is 11.8 Å². The molecule has 0 fully saturated rings. The lowest BCUT2D eigenvalue weighted by atomic mass is 10.2. The van der Waals surface area contributed by atoms with Crippen molar-refractivity contribution in [1.29, 1.82) is 0 Å². The second-order valence-corrected chi connectivity index (χ2v) is 4.89. The van der Waals surface area contributed by atoms with Crippen LogP contribution >= 0.6 is 0 Å². The van der Waals surface area contributed by atoms with Gasteiger partial charge in [0.15, 0.2) is 5.82 Å². The predicted octanol–water partition coefficient (Wildman–Crippen LogP) is 2.64. The molecule has 2 aromatic rings. The molecule has 1 aromatic carbocycles. The topological polar surface area (TPSA) is 75.4 Å². The van der Waals surface area contributed by atoms with E-state index in [-0.39, 0.29) is 24.5 Å². The predicted molar refractivity (Wildman–Crippen MR) is 78.9 cm³/mol. The van der Waals surface area contributed by atoms with Crippen molar-refractivity contribution in [3.8, 4) is 0 Å². The number of carbonyl (C=O) groups is 2. The molecule has 2 amide bonds. The van der Waals surface area contributed by atoms with Crippen LogP contribution in [0.15, 0.2) is 28.8 Å². The van der Waals surface area contributed by atoms with Gasteiger partial charge in [0.1, 0.15) is 17.4 Å². The highest BCUT2D eigenvalue weighted by Gasteiger charge is 2.18. The highest BCUT2D eigenvalue weighted by molar-refractivity contribution is 5.94. The fourth-order valence-electron chi connectivity index (χ4n) is 1.99. The van der Waals surface area contributed by atoms with Gasteiger partial charge in [0.25, 0.3) is 0 Å². The normalized spacial score (nSPS) is 10.4. The van der Waals surface area contributed by atoms with Crippen molar-refractivity contribution in [3.63, 3.8) is 0 Å². The molecule has 0 radical (unpaired) electrons. The number of aryl methyl sites for hydroxylation is 1. The number of hydrogen-bond donors (Lipinski definition) is 1. The van der Waals surface area contributed by atoms with Gasteiger partial charge in [-0.3, -0.25) is 9.59 Å². The van der Waals surface area contributed by atoms with Crippen molar-refractivity contribution in [3.05, 3.63) is 41.7 Å². The summed E-state index contributed by atoms with van der Waals surface area (Å²) in [6.45, 7) is 2.86. The van der Waals surface area contributed by atoms with Crippen LogP contribution in [0.25, 0.3) is 0 Å². The third-order valence-corrected chi connectivity index (χ3v) is 3.04. The number of halogens is 2. The van der Waals surface area contributed by atoms with Gasteiger partial charge in [0.2, 0.25) is 11.8 Å². The van der Waals surface area contributed by atoms with Crippen LogP contribution in [-0.2, 0) is 9.59 Å². The molecular weight excluding hydrogens is 308 g/mol. The standard InChI is InChI=1S/C15H15F2N3O3/c1-9-7-14(19-23-9)18-15(22)5-6-20(10(2)21)13-4-3-11(16)8-12(13)17/h3-4,7-8H,5-6H2,1-2H3,(H,18,19,22). The van der Waals surface area contributed by atoms with Crippen LogP contribution in [0, 0.1) is 18.6 Å². The first-order valence-corrected chi connectivity index (χ1v) is 6.83. The number of benzene rings is 1. The quantitative estimate of drug-likeness (QED) is 0.918. The second kappa shape index (κ2) is 6.99. The second-order valence-electron chi connectivity index (χ2n) is 4.89. The smallest absolute Gasteiger partial charge is 0.227 e.